The Kier molecular flexibility index (Phi) is 9.60. The van der Waals surface area contributed by atoms with Crippen LogP contribution in [0.2, 0.25) is 20.1 Å². The molecule has 5 rings (SSSR count). The third kappa shape index (κ3) is 7.04. The molecule has 0 spiro atoms. The Bertz CT molecular complexity index is 2000. The summed E-state index contributed by atoms with van der Waals surface area (Å²) >= 11 is 25.4. The van der Waals surface area contributed by atoms with Crippen LogP contribution in [0.3, 0.4) is 0 Å². The van der Waals surface area contributed by atoms with Crippen LogP contribution in [0, 0.1) is 6.92 Å². The average Bonchev–Trinajstić information content (AvgIpc) is 2.96. The van der Waals surface area contributed by atoms with Crippen molar-refractivity contribution in [2.75, 3.05) is 15.7 Å². The molecule has 0 aliphatic rings. The summed E-state index contributed by atoms with van der Waals surface area (Å²) in [5.74, 6) is 0.403. The van der Waals surface area contributed by atoms with E-state index >= 15 is 0 Å². The van der Waals surface area contributed by atoms with Gasteiger partial charge in [-0.3, -0.25) is 0 Å². The summed E-state index contributed by atoms with van der Waals surface area (Å²) in [6, 6.07) is 27.1. The van der Waals surface area contributed by atoms with Crippen LogP contribution in [0.25, 0.3) is 0 Å². The van der Waals surface area contributed by atoms with Crippen molar-refractivity contribution in [2.45, 2.75) is 16.7 Å². The molecular formula is C32H24Cl4N2O5S2. The fourth-order valence-electron chi connectivity index (χ4n) is 4.59. The minimum atomic E-state index is -4.71. The molecule has 0 N–H and O–H groups in total. The smallest absolute Gasteiger partial charge is 0.277 e. The van der Waals surface area contributed by atoms with Gasteiger partial charge < -0.3 is 9.64 Å². The maximum atomic E-state index is 14.2. The monoisotopic (exact) mass is 720 g/mol. The highest BCUT2D eigenvalue weighted by molar-refractivity contribution is 8.10. The molecule has 0 atom stereocenters. The molecule has 0 fully saturated rings. The van der Waals surface area contributed by atoms with Crippen molar-refractivity contribution in [1.29, 1.82) is 0 Å². The van der Waals surface area contributed by atoms with E-state index in [2.05, 4.69) is 0 Å². The highest BCUT2D eigenvalue weighted by Gasteiger charge is 2.37. The number of anilines is 4. The number of ether oxygens (including phenoxy) is 1. The number of hydrogen-bond donors (Lipinski definition) is 0. The van der Waals surface area contributed by atoms with Gasteiger partial charge in [-0.1, -0.05) is 70.2 Å². The van der Waals surface area contributed by atoms with Gasteiger partial charge in [-0.2, -0.15) is 3.71 Å². The molecule has 0 amide bonds. The third-order valence-electron chi connectivity index (χ3n) is 6.62. The lowest BCUT2D eigenvalue weighted by Gasteiger charge is -2.29. The lowest BCUT2D eigenvalue weighted by atomic mass is 10.2. The molecule has 0 saturated carbocycles. The number of rotatable bonds is 9. The van der Waals surface area contributed by atoms with Crippen molar-refractivity contribution in [3.8, 4) is 5.75 Å². The van der Waals surface area contributed by atoms with Gasteiger partial charge in [0.2, 0.25) is 0 Å². The van der Waals surface area contributed by atoms with Gasteiger partial charge in [0.15, 0.2) is 0 Å². The van der Waals surface area contributed by atoms with Crippen LogP contribution in [0.15, 0.2) is 119 Å². The summed E-state index contributed by atoms with van der Waals surface area (Å²) in [7, 11) is -7.95. The van der Waals surface area contributed by atoms with Gasteiger partial charge in [-0.15, -0.1) is 0 Å². The van der Waals surface area contributed by atoms with Crippen molar-refractivity contribution in [1.82, 2.24) is 0 Å². The molecule has 13 heteroatoms. The van der Waals surface area contributed by atoms with E-state index in [-0.39, 0.29) is 15.5 Å². The molecule has 5 aromatic rings. The fraction of sp³-hybridized carbons (Fsp3) is 0.0625. The standard InChI is InChI=1S/C32H24Cl4N2O5S2/c1-21-6-10-31(11-7-21)44(39,40)38(45(41,42)32-12-8-30(43-2)9-13-32)27-5-3-4-26(20-27)37(28-16-22(33)14-23(34)17-28)29-18-24(35)15-25(36)19-29/h3-20H,1-2H3. The molecule has 0 unspecified atom stereocenters. The largest absolute Gasteiger partial charge is 0.497 e. The van der Waals surface area contributed by atoms with E-state index in [1.54, 1.807) is 66.4 Å². The number of methoxy groups -OCH3 is 1. The van der Waals surface area contributed by atoms with Crippen LogP contribution in [0.4, 0.5) is 22.7 Å². The summed E-state index contributed by atoms with van der Waals surface area (Å²) in [6.45, 7) is 1.80. The van der Waals surface area contributed by atoms with Gasteiger partial charge in [0.25, 0.3) is 20.0 Å². The van der Waals surface area contributed by atoms with Gasteiger partial charge in [-0.25, -0.2) is 16.8 Å². The molecule has 45 heavy (non-hydrogen) atoms. The van der Waals surface area contributed by atoms with Crippen molar-refractivity contribution in [3.05, 3.63) is 135 Å². The predicted molar refractivity (Wildman–Crippen MR) is 182 cm³/mol. The topological polar surface area (TPSA) is 84.0 Å². The van der Waals surface area contributed by atoms with E-state index in [1.165, 1.54) is 61.7 Å². The van der Waals surface area contributed by atoms with Crippen LogP contribution in [-0.2, 0) is 20.0 Å². The highest BCUT2D eigenvalue weighted by Crippen LogP contribution is 2.42. The molecule has 0 radical (unpaired) electrons. The van der Waals surface area contributed by atoms with Gasteiger partial charge >= 0.3 is 0 Å². The number of sulfonamides is 2. The Morgan fingerprint density at radius 1 is 0.533 bits per heavy atom. The Labute approximate surface area is 282 Å². The number of nitrogens with zero attached hydrogens (tertiary/aromatic N) is 2. The van der Waals surface area contributed by atoms with Crippen LogP contribution in [-0.4, -0.2) is 23.9 Å². The first-order valence-electron chi connectivity index (χ1n) is 13.1. The zero-order valence-corrected chi connectivity index (χ0v) is 28.3. The van der Waals surface area contributed by atoms with Crippen LogP contribution >= 0.6 is 46.4 Å². The lowest BCUT2D eigenvalue weighted by molar-refractivity contribution is 0.414. The molecule has 5 aromatic carbocycles. The summed E-state index contributed by atoms with van der Waals surface area (Å²) in [6.07, 6.45) is 0. The zero-order chi connectivity index (χ0) is 32.5. The SMILES string of the molecule is COc1ccc(S(=O)(=O)N(c2cccc(N(c3cc(Cl)cc(Cl)c3)c3cc(Cl)cc(Cl)c3)c2)S(=O)(=O)c2ccc(C)cc2)cc1. The maximum absolute atomic E-state index is 14.2. The Morgan fingerprint density at radius 3 is 1.40 bits per heavy atom. The van der Waals surface area contributed by atoms with Gasteiger partial charge in [-0.05, 0) is 97.9 Å². The third-order valence-corrected chi connectivity index (χ3v) is 11.7. The van der Waals surface area contributed by atoms with Gasteiger partial charge in [0, 0.05) is 37.2 Å². The van der Waals surface area contributed by atoms with Crippen molar-refractivity contribution < 1.29 is 21.6 Å². The van der Waals surface area contributed by atoms with Crippen LogP contribution < -0.4 is 13.3 Å². The summed E-state index contributed by atoms with van der Waals surface area (Å²) in [4.78, 5) is 1.20. The second kappa shape index (κ2) is 13.1. The summed E-state index contributed by atoms with van der Waals surface area (Å²) in [5.41, 5.74) is 1.97. The Hall–Kier alpha value is -3.44. The molecule has 7 nitrogen and oxygen atoms in total. The quantitative estimate of drug-likeness (QED) is 0.151. The summed E-state index contributed by atoms with van der Waals surface area (Å²) < 4.78 is 62.5. The molecule has 0 bridgehead atoms. The number of hydrogen-bond acceptors (Lipinski definition) is 6. The Balaban J connectivity index is 1.76. The molecule has 232 valence electrons. The van der Waals surface area contributed by atoms with Gasteiger partial charge in [0.05, 0.1) is 22.6 Å². The van der Waals surface area contributed by atoms with E-state index in [0.29, 0.717) is 46.6 Å². The van der Waals surface area contributed by atoms with E-state index in [4.69, 9.17) is 51.1 Å². The van der Waals surface area contributed by atoms with Crippen molar-refractivity contribution >= 4 is 89.2 Å². The number of benzene rings is 5. The molecular weight excluding hydrogens is 698 g/mol. The van der Waals surface area contributed by atoms with Crippen molar-refractivity contribution in [3.63, 3.8) is 0 Å². The highest BCUT2D eigenvalue weighted by atomic mass is 35.5. The second-order valence-corrected chi connectivity index (χ2v) is 15.4. The van der Waals surface area contributed by atoms with Crippen LogP contribution in [0.1, 0.15) is 5.56 Å². The molecule has 0 aromatic heterocycles. The van der Waals surface area contributed by atoms with Gasteiger partial charge in [0.1, 0.15) is 5.75 Å². The average molecular weight is 722 g/mol. The predicted octanol–water partition coefficient (Wildman–Crippen LogP) is 9.67. The van der Waals surface area contributed by atoms with Crippen LogP contribution in [0.5, 0.6) is 5.75 Å². The van der Waals surface area contributed by atoms with E-state index in [0.717, 1.165) is 5.56 Å². The Morgan fingerprint density at radius 2 is 0.956 bits per heavy atom. The normalized spacial score (nSPS) is 11.7. The summed E-state index contributed by atoms with van der Waals surface area (Å²) in [5, 5.41) is 1.32. The second-order valence-electron chi connectivity index (χ2n) is 9.81. The van der Waals surface area contributed by atoms with E-state index < -0.39 is 20.0 Å². The fourth-order valence-corrected chi connectivity index (χ4v) is 9.29. The number of aryl methyl sites for hydroxylation is 1. The molecule has 0 heterocycles. The molecule has 0 aliphatic heterocycles. The molecule has 0 aliphatic carbocycles. The number of halogens is 4. The van der Waals surface area contributed by atoms with E-state index in [9.17, 15) is 16.8 Å². The van der Waals surface area contributed by atoms with Crippen molar-refractivity contribution in [2.24, 2.45) is 0 Å². The maximum Gasteiger partial charge on any atom is 0.277 e. The minimum Gasteiger partial charge on any atom is -0.497 e. The molecule has 0 saturated heterocycles. The first-order valence-corrected chi connectivity index (χ1v) is 17.5. The minimum absolute atomic E-state index is 0.157. The lowest BCUT2D eigenvalue weighted by Crippen LogP contribution is -2.37. The van der Waals surface area contributed by atoms with E-state index in [1.807, 2.05) is 0 Å². The first-order chi connectivity index (χ1) is 21.3. The zero-order valence-electron chi connectivity index (χ0n) is 23.7. The first kappa shape index (κ1) is 32.9.